The van der Waals surface area contributed by atoms with E-state index in [4.69, 9.17) is 14.2 Å². The van der Waals surface area contributed by atoms with E-state index in [0.717, 1.165) is 0 Å². The van der Waals surface area contributed by atoms with Crippen molar-refractivity contribution >= 4 is 11.8 Å². The van der Waals surface area contributed by atoms with Gasteiger partial charge in [0.1, 0.15) is 11.9 Å². The first kappa shape index (κ1) is 35.0. The quantitative estimate of drug-likeness (QED) is 0.300. The number of ketones is 1. The van der Waals surface area contributed by atoms with E-state index in [1.807, 2.05) is 19.0 Å². The van der Waals surface area contributed by atoms with E-state index in [9.17, 15) is 35.1 Å². The molecule has 15 atom stereocenters. The molecule has 11 heteroatoms. The number of carbonyl (C=O) groups is 2. The molecule has 2 aliphatic heterocycles. The van der Waals surface area contributed by atoms with Crippen LogP contribution >= 0.6 is 0 Å². The second-order valence-corrected chi connectivity index (χ2v) is 12.9. The zero-order valence-electron chi connectivity index (χ0n) is 25.7. The SMILES string of the molecule is C[C@H]1[C@H](O[C@H]2CC(N(C)C)C(O)[C@@H](C)O2)[C@@H](C)C(=O)OC([C@H](C)O)[C@H](C)[C@H](O)[C@@H](C)C(=O)[C@H](C)C[C@@](C)(O)[C@@H]1O. The van der Waals surface area contributed by atoms with Crippen molar-refractivity contribution in [1.29, 1.82) is 0 Å². The monoisotopic (exact) mass is 575 g/mol. The van der Waals surface area contributed by atoms with Crippen molar-refractivity contribution in [1.82, 2.24) is 4.90 Å². The Bertz CT molecular complexity index is 851. The van der Waals surface area contributed by atoms with E-state index in [-0.39, 0.29) is 18.2 Å². The van der Waals surface area contributed by atoms with Crippen LogP contribution in [-0.4, -0.2) is 117 Å². The molecule has 0 aromatic rings. The molecule has 0 amide bonds. The third kappa shape index (κ3) is 7.80. The predicted octanol–water partition coefficient (Wildman–Crippen LogP) is 0.716. The summed E-state index contributed by atoms with van der Waals surface area (Å²) in [5.41, 5.74) is -1.73. The summed E-state index contributed by atoms with van der Waals surface area (Å²) in [4.78, 5) is 28.6. The maximum absolute atomic E-state index is 13.5. The molecule has 0 aromatic heterocycles. The zero-order valence-corrected chi connectivity index (χ0v) is 25.7. The molecule has 3 unspecified atom stereocenters. The molecular weight excluding hydrogens is 522 g/mol. The second kappa shape index (κ2) is 13.9. The molecule has 0 aromatic carbocycles. The van der Waals surface area contributed by atoms with Crippen LogP contribution in [0.15, 0.2) is 0 Å². The van der Waals surface area contributed by atoms with Crippen LogP contribution in [0.3, 0.4) is 0 Å². The summed E-state index contributed by atoms with van der Waals surface area (Å²) in [6, 6.07) is -0.284. The minimum atomic E-state index is -1.73. The van der Waals surface area contributed by atoms with Crippen LogP contribution in [-0.2, 0) is 23.8 Å². The van der Waals surface area contributed by atoms with E-state index >= 15 is 0 Å². The van der Waals surface area contributed by atoms with Crippen molar-refractivity contribution in [3.05, 3.63) is 0 Å². The molecule has 40 heavy (non-hydrogen) atoms. The standard InChI is InChI=1S/C29H53NO10/c1-13-12-29(8,37)27(35)16(4)25(39-21-11-20(30(9)10)24(34)19(7)38-21)17(5)28(36)40-26(18(6)31)15(3)23(33)14(2)22(13)32/h13-21,23-27,31,33-35,37H,11-12H2,1-10H3/t13-,14+,15-,16+,17-,18+,19-,20?,21+,23-,24?,25+,26?,27-,29-/m1/s1. The van der Waals surface area contributed by atoms with E-state index in [1.165, 1.54) is 13.8 Å². The maximum atomic E-state index is 13.5. The molecule has 2 rings (SSSR count). The highest BCUT2D eigenvalue weighted by atomic mass is 16.7. The average molecular weight is 576 g/mol. The van der Waals surface area contributed by atoms with Crippen molar-refractivity contribution < 1.29 is 49.3 Å². The van der Waals surface area contributed by atoms with Gasteiger partial charge in [-0.2, -0.15) is 0 Å². The molecule has 234 valence electrons. The molecule has 0 radical (unpaired) electrons. The van der Waals surface area contributed by atoms with Gasteiger partial charge < -0.3 is 44.6 Å². The minimum Gasteiger partial charge on any atom is -0.459 e. The Hall–Kier alpha value is -1.18. The second-order valence-electron chi connectivity index (χ2n) is 12.9. The summed E-state index contributed by atoms with van der Waals surface area (Å²) >= 11 is 0. The number of carbonyl (C=O) groups excluding carboxylic acids is 2. The van der Waals surface area contributed by atoms with Crippen molar-refractivity contribution in [3.8, 4) is 0 Å². The topological polar surface area (TPSA) is 166 Å². The molecule has 0 spiro atoms. The van der Waals surface area contributed by atoms with Crippen LogP contribution in [0, 0.1) is 29.6 Å². The van der Waals surface area contributed by atoms with Gasteiger partial charge in [-0.15, -0.1) is 0 Å². The van der Waals surface area contributed by atoms with Crippen LogP contribution < -0.4 is 0 Å². The number of likely N-dealkylation sites (N-methyl/N-ethyl adjacent to an activating group) is 1. The number of ether oxygens (including phenoxy) is 3. The van der Waals surface area contributed by atoms with Crippen molar-refractivity contribution in [3.63, 3.8) is 0 Å². The number of rotatable bonds is 4. The minimum absolute atomic E-state index is 0.0833. The van der Waals surface area contributed by atoms with Gasteiger partial charge in [-0.3, -0.25) is 9.59 Å². The lowest BCUT2D eigenvalue weighted by atomic mass is 9.75. The third-order valence-corrected chi connectivity index (χ3v) is 9.12. The Morgan fingerprint density at radius 1 is 0.975 bits per heavy atom. The normalized spacial score (nSPS) is 47.5. The molecule has 0 bridgehead atoms. The molecule has 2 aliphatic rings. The fourth-order valence-corrected chi connectivity index (χ4v) is 6.38. The lowest BCUT2D eigenvalue weighted by molar-refractivity contribution is -0.268. The first-order valence-corrected chi connectivity index (χ1v) is 14.5. The highest BCUT2D eigenvalue weighted by Crippen LogP contribution is 2.36. The van der Waals surface area contributed by atoms with Gasteiger partial charge in [-0.05, 0) is 48.2 Å². The van der Waals surface area contributed by atoms with Crippen molar-refractivity contribution in [2.24, 2.45) is 29.6 Å². The Morgan fingerprint density at radius 2 is 1.55 bits per heavy atom. The van der Waals surface area contributed by atoms with E-state index in [2.05, 4.69) is 0 Å². The van der Waals surface area contributed by atoms with Gasteiger partial charge in [0, 0.05) is 36.1 Å². The molecule has 2 saturated heterocycles. The zero-order chi connectivity index (χ0) is 30.9. The number of hydrogen-bond donors (Lipinski definition) is 5. The van der Waals surface area contributed by atoms with Crippen molar-refractivity contribution in [2.75, 3.05) is 14.1 Å². The fourth-order valence-electron chi connectivity index (χ4n) is 6.38. The van der Waals surface area contributed by atoms with E-state index in [0.29, 0.717) is 6.42 Å². The van der Waals surface area contributed by atoms with E-state index < -0.39 is 90.2 Å². The number of cyclic esters (lactones) is 1. The summed E-state index contributed by atoms with van der Waals surface area (Å²) in [5.74, 6) is -5.19. The van der Waals surface area contributed by atoms with E-state index in [1.54, 1.807) is 41.5 Å². The summed E-state index contributed by atoms with van der Waals surface area (Å²) in [5, 5.41) is 54.8. The molecule has 0 aliphatic carbocycles. The maximum Gasteiger partial charge on any atom is 0.311 e. The Balaban J connectivity index is 2.52. The lowest BCUT2D eigenvalue weighted by Crippen LogP contribution is -2.56. The van der Waals surface area contributed by atoms with Gasteiger partial charge in [0.25, 0.3) is 0 Å². The van der Waals surface area contributed by atoms with Gasteiger partial charge in [0.15, 0.2) is 6.29 Å². The van der Waals surface area contributed by atoms with Crippen LogP contribution in [0.25, 0.3) is 0 Å². The molecule has 0 saturated carbocycles. The molecule has 2 heterocycles. The van der Waals surface area contributed by atoms with Crippen LogP contribution in [0.1, 0.15) is 68.2 Å². The molecule has 11 nitrogen and oxygen atoms in total. The van der Waals surface area contributed by atoms with Crippen LogP contribution in [0.4, 0.5) is 0 Å². The average Bonchev–Trinajstić information content (AvgIpc) is 2.87. The molecular formula is C29H53NO10. The van der Waals surface area contributed by atoms with Gasteiger partial charge in [-0.25, -0.2) is 0 Å². The largest absolute Gasteiger partial charge is 0.459 e. The van der Waals surface area contributed by atoms with Crippen LogP contribution in [0.2, 0.25) is 0 Å². The predicted molar refractivity (Wildman–Crippen MR) is 147 cm³/mol. The number of hydrogen-bond acceptors (Lipinski definition) is 11. The Morgan fingerprint density at radius 3 is 2.08 bits per heavy atom. The Kier molecular flexibility index (Phi) is 12.1. The van der Waals surface area contributed by atoms with Gasteiger partial charge in [-0.1, -0.05) is 27.7 Å². The molecule has 2 fully saturated rings. The number of aliphatic hydroxyl groups excluding tert-OH is 4. The molecule has 5 N–H and O–H groups in total. The first-order chi connectivity index (χ1) is 18.3. The van der Waals surface area contributed by atoms with Gasteiger partial charge in [0.05, 0.1) is 48.1 Å². The summed E-state index contributed by atoms with van der Waals surface area (Å²) in [6.45, 7) is 12.7. The highest BCUT2D eigenvalue weighted by Gasteiger charge is 2.48. The summed E-state index contributed by atoms with van der Waals surface area (Å²) < 4.78 is 18.0. The third-order valence-electron chi connectivity index (χ3n) is 9.12. The van der Waals surface area contributed by atoms with Crippen LogP contribution in [0.5, 0.6) is 0 Å². The highest BCUT2D eigenvalue weighted by molar-refractivity contribution is 5.83. The number of nitrogens with zero attached hydrogens (tertiary/aromatic N) is 1. The lowest BCUT2D eigenvalue weighted by Gasteiger charge is -2.45. The van der Waals surface area contributed by atoms with Gasteiger partial charge in [0.2, 0.25) is 0 Å². The fraction of sp³-hybridized carbons (Fsp3) is 0.931. The number of esters is 1. The number of Topliss-reactive ketones (excluding diaryl/α,β-unsaturated/α-hetero) is 1. The Labute approximate surface area is 238 Å². The smallest absolute Gasteiger partial charge is 0.311 e. The first-order valence-electron chi connectivity index (χ1n) is 14.5. The summed E-state index contributed by atoms with van der Waals surface area (Å²) in [6.07, 6.45) is -7.84. The van der Waals surface area contributed by atoms with Crippen molar-refractivity contribution in [2.45, 2.75) is 129 Å². The van der Waals surface area contributed by atoms with Gasteiger partial charge >= 0.3 is 5.97 Å². The summed E-state index contributed by atoms with van der Waals surface area (Å²) in [7, 11) is 3.67. The number of aliphatic hydroxyl groups is 5.